The Kier molecular flexibility index (Phi) is 8.94. The quantitative estimate of drug-likeness (QED) is 0.166. The van der Waals surface area contributed by atoms with Crippen LogP contribution < -0.4 is 4.74 Å². The summed E-state index contributed by atoms with van der Waals surface area (Å²) in [5.74, 6) is 2.47. The summed E-state index contributed by atoms with van der Waals surface area (Å²) in [6, 6.07) is 24.5. The number of halogens is 2. The maximum atomic E-state index is 5.99. The Bertz CT molecular complexity index is 1140. The van der Waals surface area contributed by atoms with E-state index in [1.807, 2.05) is 48.5 Å². The summed E-state index contributed by atoms with van der Waals surface area (Å²) < 4.78 is 10.1. The van der Waals surface area contributed by atoms with Crippen LogP contribution in [-0.4, -0.2) is 21.4 Å². The van der Waals surface area contributed by atoms with Gasteiger partial charge in [-0.3, -0.25) is 4.57 Å². The highest BCUT2D eigenvalue weighted by Crippen LogP contribution is 2.31. The van der Waals surface area contributed by atoms with Crippen LogP contribution >= 0.6 is 31.9 Å². The van der Waals surface area contributed by atoms with Gasteiger partial charge in [0.15, 0.2) is 11.6 Å². The molecule has 0 aliphatic carbocycles. The second-order valence-electron chi connectivity index (χ2n) is 8.31. The van der Waals surface area contributed by atoms with Gasteiger partial charge in [-0.15, -0.1) is 10.2 Å². The van der Waals surface area contributed by atoms with Crippen molar-refractivity contribution in [3.8, 4) is 34.2 Å². The summed E-state index contributed by atoms with van der Waals surface area (Å²) in [7, 11) is 0. The van der Waals surface area contributed by atoms with Crippen LogP contribution in [0, 0.1) is 0 Å². The van der Waals surface area contributed by atoms with E-state index in [-0.39, 0.29) is 0 Å². The van der Waals surface area contributed by atoms with E-state index in [0.29, 0.717) is 0 Å². The molecule has 0 fully saturated rings. The third-order valence-electron chi connectivity index (χ3n) is 5.69. The molecule has 0 aliphatic heterocycles. The predicted molar refractivity (Wildman–Crippen MR) is 147 cm³/mol. The lowest BCUT2D eigenvalue weighted by Crippen LogP contribution is -2.01. The lowest BCUT2D eigenvalue weighted by molar-refractivity contribution is 0.304. The van der Waals surface area contributed by atoms with Crippen LogP contribution in [-0.2, 0) is 0 Å². The van der Waals surface area contributed by atoms with Crippen molar-refractivity contribution in [3.63, 3.8) is 0 Å². The average Bonchev–Trinajstić information content (AvgIpc) is 3.29. The first-order valence-electron chi connectivity index (χ1n) is 11.9. The molecule has 4 rings (SSSR count). The van der Waals surface area contributed by atoms with E-state index in [1.54, 1.807) is 0 Å². The lowest BCUT2D eigenvalue weighted by Gasteiger charge is -2.13. The fourth-order valence-corrected chi connectivity index (χ4v) is 4.72. The standard InChI is InChI=1S/C28H29Br2N3O/c1-2-3-4-5-6-7-18-34-26-16-14-25(15-17-26)33-27(21-10-8-12-23(29)19-21)31-32-28(33)22-11-9-13-24(30)20-22/h8-17,19-20H,2-7,18H2,1H3. The third-order valence-corrected chi connectivity index (χ3v) is 6.68. The van der Waals surface area contributed by atoms with E-state index < -0.39 is 0 Å². The van der Waals surface area contributed by atoms with Crippen LogP contribution in [0.4, 0.5) is 0 Å². The zero-order valence-electron chi connectivity index (χ0n) is 19.4. The van der Waals surface area contributed by atoms with Crippen molar-refractivity contribution in [2.75, 3.05) is 6.61 Å². The summed E-state index contributed by atoms with van der Waals surface area (Å²) in [5.41, 5.74) is 2.97. The fourth-order valence-electron chi connectivity index (χ4n) is 3.92. The molecule has 0 N–H and O–H groups in total. The smallest absolute Gasteiger partial charge is 0.168 e. The molecule has 0 spiro atoms. The number of aromatic nitrogens is 3. The minimum atomic E-state index is 0.755. The van der Waals surface area contributed by atoms with Gasteiger partial charge in [0.05, 0.1) is 6.61 Å². The van der Waals surface area contributed by atoms with E-state index in [0.717, 1.165) is 56.2 Å². The molecular formula is C28H29Br2N3O. The summed E-state index contributed by atoms with van der Waals surface area (Å²) in [4.78, 5) is 0. The monoisotopic (exact) mass is 581 g/mol. The van der Waals surface area contributed by atoms with E-state index in [2.05, 4.69) is 77.8 Å². The number of benzene rings is 3. The van der Waals surface area contributed by atoms with Gasteiger partial charge in [-0.05, 0) is 55.0 Å². The highest BCUT2D eigenvalue weighted by atomic mass is 79.9. The summed E-state index contributed by atoms with van der Waals surface area (Å²) in [6.07, 6.45) is 7.55. The number of rotatable bonds is 11. The molecule has 4 nitrogen and oxygen atoms in total. The Morgan fingerprint density at radius 1 is 0.706 bits per heavy atom. The molecule has 0 bridgehead atoms. The Balaban J connectivity index is 1.58. The van der Waals surface area contributed by atoms with E-state index in [1.165, 1.54) is 32.1 Å². The van der Waals surface area contributed by atoms with Gasteiger partial charge in [0, 0.05) is 25.8 Å². The summed E-state index contributed by atoms with van der Waals surface area (Å²) >= 11 is 7.16. The Labute approximate surface area is 218 Å². The highest BCUT2D eigenvalue weighted by Gasteiger charge is 2.17. The molecule has 0 unspecified atom stereocenters. The number of hydrogen-bond acceptors (Lipinski definition) is 3. The number of nitrogens with zero attached hydrogens (tertiary/aromatic N) is 3. The van der Waals surface area contributed by atoms with Crippen LogP contribution in [0.15, 0.2) is 81.7 Å². The zero-order chi connectivity index (χ0) is 23.8. The van der Waals surface area contributed by atoms with Crippen molar-refractivity contribution in [3.05, 3.63) is 81.7 Å². The van der Waals surface area contributed by atoms with Gasteiger partial charge in [0.25, 0.3) is 0 Å². The Hall–Kier alpha value is -2.44. The molecule has 0 atom stereocenters. The number of hydrogen-bond donors (Lipinski definition) is 0. The molecule has 176 valence electrons. The maximum absolute atomic E-state index is 5.99. The molecule has 1 heterocycles. The highest BCUT2D eigenvalue weighted by molar-refractivity contribution is 9.10. The van der Waals surface area contributed by atoms with Gasteiger partial charge in [0.2, 0.25) is 0 Å². The third kappa shape index (κ3) is 6.36. The van der Waals surface area contributed by atoms with E-state index in [9.17, 15) is 0 Å². The molecular weight excluding hydrogens is 554 g/mol. The first kappa shape index (κ1) is 24.7. The minimum absolute atomic E-state index is 0.755. The predicted octanol–water partition coefficient (Wildman–Crippen LogP) is 8.87. The summed E-state index contributed by atoms with van der Waals surface area (Å²) in [5, 5.41) is 9.14. The zero-order valence-corrected chi connectivity index (χ0v) is 22.6. The second-order valence-corrected chi connectivity index (χ2v) is 10.1. The molecule has 3 aromatic carbocycles. The van der Waals surface area contributed by atoms with Gasteiger partial charge in [-0.2, -0.15) is 0 Å². The fraction of sp³-hybridized carbons (Fsp3) is 0.286. The first-order valence-corrected chi connectivity index (χ1v) is 13.4. The van der Waals surface area contributed by atoms with Crippen LogP contribution in [0.1, 0.15) is 45.4 Å². The van der Waals surface area contributed by atoms with Gasteiger partial charge in [-0.1, -0.05) is 95.2 Å². The second kappa shape index (κ2) is 12.3. The number of unbranched alkanes of at least 4 members (excludes halogenated alkanes) is 5. The van der Waals surface area contributed by atoms with Gasteiger partial charge in [0.1, 0.15) is 5.75 Å². The van der Waals surface area contributed by atoms with Gasteiger partial charge in [-0.25, -0.2) is 0 Å². The molecule has 0 radical (unpaired) electrons. The van der Waals surface area contributed by atoms with Crippen molar-refractivity contribution in [2.45, 2.75) is 45.4 Å². The number of ether oxygens (including phenoxy) is 1. The van der Waals surface area contributed by atoms with E-state index >= 15 is 0 Å². The molecule has 0 amide bonds. The molecule has 1 aromatic heterocycles. The summed E-state index contributed by atoms with van der Waals surface area (Å²) in [6.45, 7) is 3.00. The van der Waals surface area contributed by atoms with Crippen LogP contribution in [0.5, 0.6) is 5.75 Å². The Morgan fingerprint density at radius 2 is 1.26 bits per heavy atom. The van der Waals surface area contributed by atoms with E-state index in [4.69, 9.17) is 4.74 Å². The van der Waals surface area contributed by atoms with Crippen molar-refractivity contribution in [1.29, 1.82) is 0 Å². The topological polar surface area (TPSA) is 39.9 Å². The van der Waals surface area contributed by atoms with Crippen molar-refractivity contribution >= 4 is 31.9 Å². The minimum Gasteiger partial charge on any atom is -0.494 e. The van der Waals surface area contributed by atoms with Crippen molar-refractivity contribution in [2.24, 2.45) is 0 Å². The molecule has 4 aromatic rings. The van der Waals surface area contributed by atoms with Crippen LogP contribution in [0.25, 0.3) is 28.5 Å². The van der Waals surface area contributed by atoms with Crippen molar-refractivity contribution in [1.82, 2.24) is 14.8 Å². The van der Waals surface area contributed by atoms with Crippen LogP contribution in [0.3, 0.4) is 0 Å². The SMILES string of the molecule is CCCCCCCCOc1ccc(-n2c(-c3cccc(Br)c3)nnc2-c2cccc(Br)c2)cc1. The lowest BCUT2D eigenvalue weighted by atomic mass is 10.1. The largest absolute Gasteiger partial charge is 0.494 e. The van der Waals surface area contributed by atoms with Crippen molar-refractivity contribution < 1.29 is 4.74 Å². The Morgan fingerprint density at radius 3 is 1.82 bits per heavy atom. The normalized spacial score (nSPS) is 11.0. The molecule has 6 heteroatoms. The maximum Gasteiger partial charge on any atom is 0.168 e. The molecule has 0 saturated heterocycles. The van der Waals surface area contributed by atoms with Crippen LogP contribution in [0.2, 0.25) is 0 Å². The average molecular weight is 583 g/mol. The molecule has 0 aliphatic rings. The molecule has 34 heavy (non-hydrogen) atoms. The first-order chi connectivity index (χ1) is 16.7. The van der Waals surface area contributed by atoms with Gasteiger partial charge < -0.3 is 4.74 Å². The molecule has 0 saturated carbocycles. The van der Waals surface area contributed by atoms with Gasteiger partial charge >= 0.3 is 0 Å².